The Kier molecular flexibility index (Phi) is 6.07. The Morgan fingerprint density at radius 1 is 1.20 bits per heavy atom. The second kappa shape index (κ2) is 8.25. The summed E-state index contributed by atoms with van der Waals surface area (Å²) in [6.45, 7) is -0.538. The maximum Gasteiger partial charge on any atom is 0.343 e. The SMILES string of the molecule is COC(=O)COc1ccccc1/C=C1\NC(=S)N(CC(=O)OC)C1=O. The standard InChI is InChI=1S/C16H16N2O6S/c1-22-13(19)8-18-15(21)11(17-16(18)25)7-10-5-3-4-6-12(10)24-9-14(20)23-2/h3-7H,8-9H2,1-2H3,(H,17,25)/b11-7-. The number of ether oxygens (including phenoxy) is 3. The van der Waals surface area contributed by atoms with E-state index in [2.05, 4.69) is 14.8 Å². The molecule has 8 nitrogen and oxygen atoms in total. The van der Waals surface area contributed by atoms with Crippen LogP contribution in [0.4, 0.5) is 0 Å². The molecular formula is C16H16N2O6S. The lowest BCUT2D eigenvalue weighted by Crippen LogP contribution is -2.35. The zero-order valence-electron chi connectivity index (χ0n) is 13.6. The fraction of sp³-hybridized carbons (Fsp3) is 0.250. The van der Waals surface area contributed by atoms with E-state index in [1.807, 2.05) is 0 Å². The van der Waals surface area contributed by atoms with Crippen molar-refractivity contribution in [3.63, 3.8) is 0 Å². The van der Waals surface area contributed by atoms with E-state index in [1.54, 1.807) is 24.3 Å². The third kappa shape index (κ3) is 4.54. The van der Waals surface area contributed by atoms with Crippen LogP contribution in [0.3, 0.4) is 0 Å². The first-order chi connectivity index (χ1) is 12.0. The fourth-order valence-electron chi connectivity index (χ4n) is 1.99. The first-order valence-corrected chi connectivity index (χ1v) is 7.57. The average molecular weight is 364 g/mol. The highest BCUT2D eigenvalue weighted by Gasteiger charge is 2.32. The van der Waals surface area contributed by atoms with Gasteiger partial charge in [0, 0.05) is 5.56 Å². The summed E-state index contributed by atoms with van der Waals surface area (Å²) in [7, 11) is 2.49. The fourth-order valence-corrected chi connectivity index (χ4v) is 2.25. The molecule has 0 bridgehead atoms. The topological polar surface area (TPSA) is 94.2 Å². The number of hydrogen-bond acceptors (Lipinski definition) is 7. The van der Waals surface area contributed by atoms with E-state index < -0.39 is 17.8 Å². The largest absolute Gasteiger partial charge is 0.481 e. The average Bonchev–Trinajstić information content (AvgIpc) is 2.87. The highest BCUT2D eigenvalue weighted by Crippen LogP contribution is 2.22. The number of benzene rings is 1. The lowest BCUT2D eigenvalue weighted by atomic mass is 10.1. The van der Waals surface area contributed by atoms with Crippen LogP contribution in [0.1, 0.15) is 5.56 Å². The number of methoxy groups -OCH3 is 2. The third-order valence-electron chi connectivity index (χ3n) is 3.27. The lowest BCUT2D eigenvalue weighted by molar-refractivity contribution is -0.143. The molecular weight excluding hydrogens is 348 g/mol. The Bertz CT molecular complexity index is 746. The van der Waals surface area contributed by atoms with Crippen LogP contribution in [0, 0.1) is 0 Å². The number of carbonyl (C=O) groups excluding carboxylic acids is 3. The second-order valence-corrected chi connectivity index (χ2v) is 5.24. The normalized spacial score (nSPS) is 15.1. The summed E-state index contributed by atoms with van der Waals surface area (Å²) < 4.78 is 14.5. The molecule has 0 saturated carbocycles. The number of carbonyl (C=O) groups is 3. The molecule has 0 aromatic heterocycles. The van der Waals surface area contributed by atoms with Crippen molar-refractivity contribution in [2.45, 2.75) is 0 Å². The number of nitrogens with zero attached hydrogens (tertiary/aromatic N) is 1. The summed E-state index contributed by atoms with van der Waals surface area (Å²) in [4.78, 5) is 36.1. The minimum absolute atomic E-state index is 0.106. The molecule has 1 fully saturated rings. The number of nitrogens with one attached hydrogen (secondary N) is 1. The van der Waals surface area contributed by atoms with Crippen molar-refractivity contribution in [1.82, 2.24) is 10.2 Å². The minimum atomic E-state index is -0.583. The third-order valence-corrected chi connectivity index (χ3v) is 3.59. The first-order valence-electron chi connectivity index (χ1n) is 7.16. The molecule has 2 rings (SSSR count). The van der Waals surface area contributed by atoms with Gasteiger partial charge in [-0.25, -0.2) is 4.79 Å². The van der Waals surface area contributed by atoms with Gasteiger partial charge in [-0.05, 0) is 24.4 Å². The van der Waals surface area contributed by atoms with Crippen molar-refractivity contribution in [1.29, 1.82) is 0 Å². The van der Waals surface area contributed by atoms with E-state index in [1.165, 1.54) is 20.3 Å². The van der Waals surface area contributed by atoms with Crippen molar-refractivity contribution in [3.05, 3.63) is 35.5 Å². The summed E-state index contributed by atoms with van der Waals surface area (Å²) in [6, 6.07) is 6.84. The Hall–Kier alpha value is -2.94. The molecule has 1 saturated heterocycles. The lowest BCUT2D eigenvalue weighted by Gasteiger charge is -2.11. The quantitative estimate of drug-likeness (QED) is 0.442. The summed E-state index contributed by atoms with van der Waals surface area (Å²) in [5, 5.41) is 2.86. The Morgan fingerprint density at radius 3 is 2.56 bits per heavy atom. The molecule has 0 aliphatic carbocycles. The molecule has 0 atom stereocenters. The molecule has 0 radical (unpaired) electrons. The molecule has 1 aliphatic rings. The molecule has 1 heterocycles. The molecule has 1 N–H and O–H groups in total. The summed E-state index contributed by atoms with van der Waals surface area (Å²) in [5.74, 6) is -1.17. The van der Waals surface area contributed by atoms with Gasteiger partial charge in [0.2, 0.25) is 0 Å². The van der Waals surface area contributed by atoms with Gasteiger partial charge in [0.1, 0.15) is 18.0 Å². The molecule has 25 heavy (non-hydrogen) atoms. The van der Waals surface area contributed by atoms with Crippen molar-refractivity contribution < 1.29 is 28.6 Å². The molecule has 132 valence electrons. The predicted octanol–water partition coefficient (Wildman–Crippen LogP) is 0.469. The van der Waals surface area contributed by atoms with Crippen LogP contribution in [0.5, 0.6) is 5.75 Å². The van der Waals surface area contributed by atoms with E-state index in [0.29, 0.717) is 11.3 Å². The molecule has 9 heteroatoms. The molecule has 1 aromatic rings. The van der Waals surface area contributed by atoms with Crippen molar-refractivity contribution in [3.8, 4) is 5.75 Å². The highest BCUT2D eigenvalue weighted by molar-refractivity contribution is 7.80. The van der Waals surface area contributed by atoms with Crippen LogP contribution in [0.25, 0.3) is 6.08 Å². The van der Waals surface area contributed by atoms with Crippen LogP contribution in [-0.2, 0) is 23.9 Å². The van der Waals surface area contributed by atoms with E-state index >= 15 is 0 Å². The van der Waals surface area contributed by atoms with Crippen LogP contribution in [0.15, 0.2) is 30.0 Å². The van der Waals surface area contributed by atoms with E-state index in [-0.39, 0.29) is 24.0 Å². The van der Waals surface area contributed by atoms with Crippen LogP contribution in [0.2, 0.25) is 0 Å². The summed E-state index contributed by atoms with van der Waals surface area (Å²) in [6.07, 6.45) is 1.53. The van der Waals surface area contributed by atoms with Gasteiger partial charge in [-0.3, -0.25) is 14.5 Å². The van der Waals surface area contributed by atoms with Gasteiger partial charge < -0.3 is 19.5 Å². The van der Waals surface area contributed by atoms with Gasteiger partial charge in [-0.15, -0.1) is 0 Å². The Labute approximate surface area is 149 Å². The highest BCUT2D eigenvalue weighted by atomic mass is 32.1. The number of thiocarbonyl (C=S) groups is 1. The zero-order valence-corrected chi connectivity index (χ0v) is 14.4. The molecule has 1 aromatic carbocycles. The van der Waals surface area contributed by atoms with E-state index in [9.17, 15) is 14.4 Å². The summed E-state index contributed by atoms with van der Waals surface area (Å²) in [5.41, 5.74) is 0.744. The van der Waals surface area contributed by atoms with Gasteiger partial charge >= 0.3 is 11.9 Å². The minimum Gasteiger partial charge on any atom is -0.481 e. The van der Waals surface area contributed by atoms with Crippen LogP contribution in [-0.4, -0.2) is 55.2 Å². The Balaban J connectivity index is 2.20. The maximum atomic E-state index is 12.4. The maximum absolute atomic E-state index is 12.4. The van der Waals surface area contributed by atoms with Gasteiger partial charge in [0.25, 0.3) is 5.91 Å². The van der Waals surface area contributed by atoms with Crippen LogP contribution >= 0.6 is 12.2 Å². The van der Waals surface area contributed by atoms with Gasteiger partial charge in [-0.2, -0.15) is 0 Å². The van der Waals surface area contributed by atoms with Crippen LogP contribution < -0.4 is 10.1 Å². The van der Waals surface area contributed by atoms with Gasteiger partial charge in [0.15, 0.2) is 11.7 Å². The van der Waals surface area contributed by atoms with Gasteiger partial charge in [0.05, 0.1) is 14.2 Å². The Morgan fingerprint density at radius 2 is 1.88 bits per heavy atom. The number of hydrogen-bond donors (Lipinski definition) is 1. The second-order valence-electron chi connectivity index (χ2n) is 4.86. The summed E-state index contributed by atoms with van der Waals surface area (Å²) >= 11 is 5.06. The smallest absolute Gasteiger partial charge is 0.343 e. The predicted molar refractivity (Wildman–Crippen MR) is 91.4 cm³/mol. The number of rotatable bonds is 6. The molecule has 0 unspecified atom stereocenters. The van der Waals surface area contributed by atoms with E-state index in [4.69, 9.17) is 17.0 Å². The number of amides is 1. The molecule has 1 amide bonds. The zero-order chi connectivity index (χ0) is 18.4. The van der Waals surface area contributed by atoms with Crippen molar-refractivity contribution in [2.75, 3.05) is 27.4 Å². The van der Waals surface area contributed by atoms with Crippen molar-refractivity contribution in [2.24, 2.45) is 0 Å². The molecule has 1 aliphatic heterocycles. The van der Waals surface area contributed by atoms with E-state index in [0.717, 1.165) is 4.90 Å². The monoisotopic (exact) mass is 364 g/mol. The number of esters is 2. The van der Waals surface area contributed by atoms with Gasteiger partial charge in [-0.1, -0.05) is 18.2 Å². The first kappa shape index (κ1) is 18.4. The number of para-hydroxylation sites is 1. The van der Waals surface area contributed by atoms with Crippen molar-refractivity contribution >= 4 is 41.3 Å². The molecule has 0 spiro atoms.